The lowest BCUT2D eigenvalue weighted by molar-refractivity contribution is -0.150. The number of likely N-dealkylation sites (tertiary alicyclic amines) is 1. The average molecular weight is 722 g/mol. The fraction of sp³-hybridized carbons (Fsp3) is 0.390. The second-order valence-electron chi connectivity index (χ2n) is 14.8. The van der Waals surface area contributed by atoms with E-state index in [2.05, 4.69) is 32.2 Å². The fourth-order valence-corrected chi connectivity index (χ4v) is 13.1. The van der Waals surface area contributed by atoms with E-state index in [9.17, 15) is 14.7 Å². The van der Waals surface area contributed by atoms with Crippen LogP contribution < -0.4 is 25.1 Å². The van der Waals surface area contributed by atoms with Gasteiger partial charge in [-0.25, -0.2) is 0 Å². The van der Waals surface area contributed by atoms with Crippen LogP contribution in [0.1, 0.15) is 37.3 Å². The molecule has 1 N–H and O–H groups in total. The Morgan fingerprint density at radius 2 is 1.75 bits per heavy atom. The molecule has 2 fully saturated rings. The molecule has 1 spiro atoms. The molecule has 3 aliphatic heterocycles. The van der Waals surface area contributed by atoms with Gasteiger partial charge in [-0.1, -0.05) is 67.7 Å². The van der Waals surface area contributed by atoms with Crippen LogP contribution in [0.2, 0.25) is 18.6 Å². The minimum atomic E-state index is -2.45. The molecular weight excluding hydrogens is 675 g/mol. The van der Waals surface area contributed by atoms with Crippen LogP contribution in [0.25, 0.3) is 5.69 Å². The number of amides is 2. The van der Waals surface area contributed by atoms with Crippen LogP contribution in [0.4, 0.5) is 5.69 Å². The Balaban J connectivity index is 1.27. The van der Waals surface area contributed by atoms with E-state index in [0.29, 0.717) is 12.2 Å². The van der Waals surface area contributed by atoms with E-state index in [-0.39, 0.29) is 60.2 Å². The molecule has 4 aromatic rings. The first-order valence-corrected chi connectivity index (χ1v) is 21.1. The number of aromatic nitrogens is 1. The molecule has 7 rings (SSSR count). The van der Waals surface area contributed by atoms with Crippen LogP contribution in [0.5, 0.6) is 11.5 Å². The van der Waals surface area contributed by atoms with E-state index in [4.69, 9.17) is 14.2 Å². The van der Waals surface area contributed by atoms with Gasteiger partial charge in [0.15, 0.2) is 11.4 Å². The molecule has 4 heterocycles. The molecule has 0 radical (unpaired) electrons. The maximum absolute atomic E-state index is 15.2. The first-order valence-electron chi connectivity index (χ1n) is 18.0. The van der Waals surface area contributed by atoms with Crippen molar-refractivity contribution in [2.75, 3.05) is 32.3 Å². The predicted molar refractivity (Wildman–Crippen MR) is 202 cm³/mol. The lowest BCUT2D eigenvalue weighted by Crippen LogP contribution is -2.52. The summed E-state index contributed by atoms with van der Waals surface area (Å²) in [7, 11) is 0.670. The summed E-state index contributed by atoms with van der Waals surface area (Å²) in [6.07, 6.45) is 2.94. The molecule has 5 atom stereocenters. The average Bonchev–Trinajstić information content (AvgIpc) is 3.82. The Morgan fingerprint density at radius 3 is 2.48 bits per heavy atom. The SMILES string of the molecule is COc1ccc([Si](C)(C)[C@@H]2[C@@H](CC(=O)N3CCC[C@H]3CO)O[C@]3(C(=O)N(Cc4cccc(-n5cccc(OC)c5=O)c4)c4ccccc43)[C@H]2C)cc1. The summed E-state index contributed by atoms with van der Waals surface area (Å²) in [4.78, 5) is 45.9. The van der Waals surface area contributed by atoms with Gasteiger partial charge in [0, 0.05) is 29.9 Å². The third-order valence-corrected chi connectivity index (χ3v) is 16.0. The summed E-state index contributed by atoms with van der Waals surface area (Å²) in [5.74, 6) is 0.551. The number of rotatable bonds is 10. The van der Waals surface area contributed by atoms with Crippen molar-refractivity contribution in [3.63, 3.8) is 0 Å². The standard InChI is InChI=1S/C41H47N3O7Si/c1-27-38(52(4,5)32-19-17-31(49-2)18-20-32)36(24-37(46)42-21-9-13-30(42)26-45)51-41(27)33-14-6-7-15-34(33)44(40(41)48)25-28-11-8-12-29(23-28)43-22-10-16-35(50-3)39(43)47/h6-8,10-12,14-20,22-23,27,30,36,38,45H,9,13,21,24-26H2,1-5H3/t27-,30-,36+,38-,41+/m0/s1. The van der Waals surface area contributed by atoms with Gasteiger partial charge in [0.2, 0.25) is 5.91 Å². The zero-order valence-electron chi connectivity index (χ0n) is 30.5. The number of carbonyl (C=O) groups is 2. The zero-order valence-corrected chi connectivity index (χ0v) is 31.5. The first-order chi connectivity index (χ1) is 25.0. The summed E-state index contributed by atoms with van der Waals surface area (Å²) in [6.45, 7) is 7.53. The zero-order chi connectivity index (χ0) is 36.8. The van der Waals surface area contributed by atoms with E-state index >= 15 is 4.79 Å². The number of hydrogen-bond acceptors (Lipinski definition) is 7. The third kappa shape index (κ3) is 5.84. The molecule has 0 unspecified atom stereocenters. The van der Waals surface area contributed by atoms with Gasteiger partial charge in [-0.15, -0.1) is 0 Å². The number of nitrogens with zero attached hydrogens (tertiary/aromatic N) is 3. The van der Waals surface area contributed by atoms with E-state index in [1.54, 1.807) is 35.2 Å². The normalized spacial score (nSPS) is 24.1. The second kappa shape index (κ2) is 14.0. The summed E-state index contributed by atoms with van der Waals surface area (Å²) < 4.78 is 19.4. The summed E-state index contributed by atoms with van der Waals surface area (Å²) in [5.41, 5.74) is 1.42. The summed E-state index contributed by atoms with van der Waals surface area (Å²) in [5, 5.41) is 11.2. The molecule has 10 nitrogen and oxygen atoms in total. The molecule has 0 saturated carbocycles. The Bertz CT molecular complexity index is 2030. The highest BCUT2D eigenvalue weighted by atomic mass is 28.3. The number of carbonyl (C=O) groups excluding carboxylic acids is 2. The number of ether oxygens (including phenoxy) is 3. The second-order valence-corrected chi connectivity index (χ2v) is 19.4. The van der Waals surface area contributed by atoms with Crippen LogP contribution in [0.15, 0.2) is 95.9 Å². The highest BCUT2D eigenvalue weighted by molar-refractivity contribution is 6.91. The molecule has 0 aliphatic carbocycles. The van der Waals surface area contributed by atoms with Crippen molar-refractivity contribution >= 4 is 30.8 Å². The topological polar surface area (TPSA) is 111 Å². The molecule has 3 aromatic carbocycles. The maximum atomic E-state index is 15.2. The first kappa shape index (κ1) is 35.7. The molecule has 272 valence electrons. The fourth-order valence-electron chi connectivity index (χ4n) is 9.09. The van der Waals surface area contributed by atoms with Crippen molar-refractivity contribution in [2.45, 2.75) is 69.1 Å². The number of pyridine rings is 1. The van der Waals surface area contributed by atoms with E-state index in [1.165, 1.54) is 16.9 Å². The van der Waals surface area contributed by atoms with Crippen molar-refractivity contribution < 1.29 is 28.9 Å². The number of benzene rings is 3. The van der Waals surface area contributed by atoms with Crippen molar-refractivity contribution in [3.8, 4) is 17.2 Å². The monoisotopic (exact) mass is 721 g/mol. The number of anilines is 1. The lowest BCUT2D eigenvalue weighted by Gasteiger charge is -2.37. The number of para-hydroxylation sites is 1. The van der Waals surface area contributed by atoms with Crippen LogP contribution >= 0.6 is 0 Å². The molecule has 52 heavy (non-hydrogen) atoms. The highest BCUT2D eigenvalue weighted by Crippen LogP contribution is 2.60. The molecular formula is C41H47N3O7Si. The van der Waals surface area contributed by atoms with Crippen LogP contribution in [-0.2, 0) is 26.5 Å². The number of aliphatic hydroxyl groups is 1. The summed E-state index contributed by atoms with van der Waals surface area (Å²) >= 11 is 0. The predicted octanol–water partition coefficient (Wildman–Crippen LogP) is 4.99. The lowest BCUT2D eigenvalue weighted by atomic mass is 9.82. The van der Waals surface area contributed by atoms with E-state index in [1.807, 2.05) is 60.7 Å². The van der Waals surface area contributed by atoms with Gasteiger partial charge in [0.25, 0.3) is 11.5 Å². The minimum absolute atomic E-state index is 0.0458. The Kier molecular flexibility index (Phi) is 9.62. The number of methoxy groups -OCH3 is 2. The Labute approximate surface area is 305 Å². The Morgan fingerprint density at radius 1 is 0.981 bits per heavy atom. The van der Waals surface area contributed by atoms with Gasteiger partial charge in [-0.2, -0.15) is 0 Å². The minimum Gasteiger partial charge on any atom is -0.497 e. The largest absolute Gasteiger partial charge is 0.497 e. The number of aliphatic hydroxyl groups excluding tert-OH is 1. The molecule has 0 bridgehead atoms. The quantitative estimate of drug-likeness (QED) is 0.230. The van der Waals surface area contributed by atoms with Crippen molar-refractivity contribution in [2.24, 2.45) is 5.92 Å². The van der Waals surface area contributed by atoms with Crippen LogP contribution in [-0.4, -0.2) is 74.0 Å². The third-order valence-electron chi connectivity index (χ3n) is 11.7. The van der Waals surface area contributed by atoms with Gasteiger partial charge in [0.05, 0.1) is 59.7 Å². The number of fused-ring (bicyclic) bond motifs is 2. The van der Waals surface area contributed by atoms with Gasteiger partial charge in [0.1, 0.15) is 5.75 Å². The smallest absolute Gasteiger partial charge is 0.297 e. The van der Waals surface area contributed by atoms with Crippen molar-refractivity contribution in [1.29, 1.82) is 0 Å². The molecule has 2 amide bonds. The van der Waals surface area contributed by atoms with E-state index in [0.717, 1.165) is 35.4 Å². The van der Waals surface area contributed by atoms with Gasteiger partial charge in [-0.3, -0.25) is 19.0 Å². The molecule has 11 heteroatoms. The Hall–Kier alpha value is -4.71. The van der Waals surface area contributed by atoms with Gasteiger partial charge < -0.3 is 29.1 Å². The maximum Gasteiger partial charge on any atom is 0.297 e. The van der Waals surface area contributed by atoms with Crippen LogP contribution in [0.3, 0.4) is 0 Å². The van der Waals surface area contributed by atoms with Gasteiger partial charge >= 0.3 is 0 Å². The summed E-state index contributed by atoms with van der Waals surface area (Å²) in [6, 6.07) is 26.8. The molecule has 1 aromatic heterocycles. The molecule has 3 aliphatic rings. The van der Waals surface area contributed by atoms with Crippen molar-refractivity contribution in [1.82, 2.24) is 9.47 Å². The molecule has 2 saturated heterocycles. The van der Waals surface area contributed by atoms with Gasteiger partial charge in [-0.05, 0) is 66.4 Å². The van der Waals surface area contributed by atoms with E-state index < -0.39 is 19.8 Å². The van der Waals surface area contributed by atoms with Crippen LogP contribution in [0, 0.1) is 5.92 Å². The highest BCUT2D eigenvalue weighted by Gasteiger charge is 2.66. The number of hydrogen-bond donors (Lipinski definition) is 1. The van der Waals surface area contributed by atoms with Crippen molar-refractivity contribution in [3.05, 3.63) is 113 Å².